The molecular formula is C11H14F3N3O2. The van der Waals surface area contributed by atoms with E-state index in [1.807, 2.05) is 0 Å². The van der Waals surface area contributed by atoms with Crippen LogP contribution in [0.1, 0.15) is 32.4 Å². The number of alkyl halides is 3. The third kappa shape index (κ3) is 5.11. The number of anilines is 1. The van der Waals surface area contributed by atoms with Gasteiger partial charge in [-0.1, -0.05) is 0 Å². The van der Waals surface area contributed by atoms with E-state index in [1.54, 1.807) is 13.8 Å². The Bertz CT molecular complexity index is 461. The molecule has 1 heterocycles. The van der Waals surface area contributed by atoms with Crippen LogP contribution >= 0.6 is 0 Å². The van der Waals surface area contributed by atoms with Gasteiger partial charge in [0.15, 0.2) is 0 Å². The zero-order chi connectivity index (χ0) is 14.7. The number of carboxylic acids is 1. The standard InChI is InChI=1S/C11H14F3N3O2/c1-10(2,5-3-8(18)19)17-9-15-6-4-7(16-9)11(12,13)14/h4,6H,3,5H2,1-2H3,(H,18,19)(H,15,16,17). The molecule has 0 atom stereocenters. The summed E-state index contributed by atoms with van der Waals surface area (Å²) in [5.74, 6) is -1.15. The van der Waals surface area contributed by atoms with E-state index in [9.17, 15) is 18.0 Å². The first-order chi connectivity index (χ1) is 8.60. The van der Waals surface area contributed by atoms with E-state index in [-0.39, 0.29) is 18.8 Å². The van der Waals surface area contributed by atoms with Crippen molar-refractivity contribution >= 4 is 11.9 Å². The highest BCUT2D eigenvalue weighted by atomic mass is 19.4. The summed E-state index contributed by atoms with van der Waals surface area (Å²) >= 11 is 0. The summed E-state index contributed by atoms with van der Waals surface area (Å²) < 4.78 is 37.4. The lowest BCUT2D eigenvalue weighted by Gasteiger charge is -2.25. The number of hydrogen-bond acceptors (Lipinski definition) is 4. The number of aliphatic carboxylic acids is 1. The average Bonchev–Trinajstić information content (AvgIpc) is 2.25. The minimum absolute atomic E-state index is 0.0983. The zero-order valence-corrected chi connectivity index (χ0v) is 10.5. The van der Waals surface area contributed by atoms with Crippen LogP contribution in [0.5, 0.6) is 0 Å². The second-order valence-corrected chi connectivity index (χ2v) is 4.67. The molecule has 8 heteroatoms. The summed E-state index contributed by atoms with van der Waals surface area (Å²) in [7, 11) is 0. The van der Waals surface area contributed by atoms with Gasteiger partial charge in [-0.15, -0.1) is 0 Å². The molecule has 19 heavy (non-hydrogen) atoms. The number of rotatable bonds is 5. The summed E-state index contributed by atoms with van der Waals surface area (Å²) in [6.45, 7) is 3.33. The van der Waals surface area contributed by atoms with Crippen LogP contribution in [0.2, 0.25) is 0 Å². The van der Waals surface area contributed by atoms with Crippen LogP contribution in [0.15, 0.2) is 12.3 Å². The van der Waals surface area contributed by atoms with Gasteiger partial charge in [0.25, 0.3) is 0 Å². The lowest BCUT2D eigenvalue weighted by atomic mass is 9.99. The smallest absolute Gasteiger partial charge is 0.433 e. The first-order valence-electron chi connectivity index (χ1n) is 5.50. The molecule has 0 unspecified atom stereocenters. The number of halogens is 3. The van der Waals surface area contributed by atoms with Crippen molar-refractivity contribution in [2.45, 2.75) is 38.4 Å². The Kier molecular flexibility index (Phi) is 4.33. The van der Waals surface area contributed by atoms with Gasteiger partial charge in [-0.2, -0.15) is 13.2 Å². The van der Waals surface area contributed by atoms with Gasteiger partial charge in [0.05, 0.1) is 0 Å². The molecule has 106 valence electrons. The Labute approximate surface area is 107 Å². The molecule has 0 aliphatic carbocycles. The fraction of sp³-hybridized carbons (Fsp3) is 0.545. The second kappa shape index (κ2) is 5.41. The van der Waals surface area contributed by atoms with Gasteiger partial charge in [-0.3, -0.25) is 4.79 Å². The lowest BCUT2D eigenvalue weighted by molar-refractivity contribution is -0.141. The summed E-state index contributed by atoms with van der Waals surface area (Å²) in [4.78, 5) is 17.5. The van der Waals surface area contributed by atoms with Crippen molar-refractivity contribution in [3.8, 4) is 0 Å². The average molecular weight is 277 g/mol. The van der Waals surface area contributed by atoms with Crippen molar-refractivity contribution < 1.29 is 23.1 Å². The fourth-order valence-electron chi connectivity index (χ4n) is 1.36. The van der Waals surface area contributed by atoms with Crippen molar-refractivity contribution in [1.82, 2.24) is 9.97 Å². The largest absolute Gasteiger partial charge is 0.481 e. The highest BCUT2D eigenvalue weighted by Crippen LogP contribution is 2.28. The minimum atomic E-state index is -4.54. The van der Waals surface area contributed by atoms with Gasteiger partial charge in [0.2, 0.25) is 5.95 Å². The molecule has 1 aromatic rings. The summed E-state index contributed by atoms with van der Waals surface area (Å²) in [6.07, 6.45) is -3.39. The van der Waals surface area contributed by atoms with E-state index in [1.165, 1.54) is 0 Å². The summed E-state index contributed by atoms with van der Waals surface area (Å²) in [5.41, 5.74) is -1.76. The van der Waals surface area contributed by atoms with E-state index in [2.05, 4.69) is 15.3 Å². The van der Waals surface area contributed by atoms with Crippen LogP contribution in [0.25, 0.3) is 0 Å². The van der Waals surface area contributed by atoms with Crippen LogP contribution < -0.4 is 5.32 Å². The van der Waals surface area contributed by atoms with Gasteiger partial charge in [0, 0.05) is 18.2 Å². The molecule has 5 nitrogen and oxygen atoms in total. The molecule has 1 aromatic heterocycles. The van der Waals surface area contributed by atoms with E-state index in [0.717, 1.165) is 12.3 Å². The maximum Gasteiger partial charge on any atom is 0.433 e. The maximum absolute atomic E-state index is 12.5. The van der Waals surface area contributed by atoms with Crippen LogP contribution in [0.4, 0.5) is 19.1 Å². The monoisotopic (exact) mass is 277 g/mol. The molecule has 0 radical (unpaired) electrons. The number of carbonyl (C=O) groups is 1. The number of nitrogens with zero attached hydrogens (tertiary/aromatic N) is 2. The molecule has 0 fully saturated rings. The molecule has 0 amide bonds. The number of hydrogen-bond donors (Lipinski definition) is 2. The quantitative estimate of drug-likeness (QED) is 0.865. The third-order valence-corrected chi connectivity index (χ3v) is 2.36. The van der Waals surface area contributed by atoms with Gasteiger partial charge in [-0.05, 0) is 26.3 Å². The first-order valence-corrected chi connectivity index (χ1v) is 5.50. The van der Waals surface area contributed by atoms with Crippen LogP contribution in [-0.2, 0) is 11.0 Å². The van der Waals surface area contributed by atoms with Gasteiger partial charge in [-0.25, -0.2) is 9.97 Å². The summed E-state index contributed by atoms with van der Waals surface area (Å²) in [5, 5.41) is 11.3. The molecule has 0 aliphatic rings. The van der Waals surface area contributed by atoms with Crippen molar-refractivity contribution in [3.05, 3.63) is 18.0 Å². The normalized spacial score (nSPS) is 12.3. The van der Waals surface area contributed by atoms with E-state index >= 15 is 0 Å². The van der Waals surface area contributed by atoms with E-state index in [4.69, 9.17) is 5.11 Å². The van der Waals surface area contributed by atoms with Crippen LogP contribution in [-0.4, -0.2) is 26.6 Å². The minimum Gasteiger partial charge on any atom is -0.481 e. The van der Waals surface area contributed by atoms with Crippen molar-refractivity contribution in [2.75, 3.05) is 5.32 Å². The van der Waals surface area contributed by atoms with Crippen molar-refractivity contribution in [1.29, 1.82) is 0 Å². The van der Waals surface area contributed by atoms with E-state index in [0.29, 0.717) is 0 Å². The lowest BCUT2D eigenvalue weighted by Crippen LogP contribution is -2.32. The van der Waals surface area contributed by atoms with Gasteiger partial charge in [0.1, 0.15) is 5.69 Å². The van der Waals surface area contributed by atoms with Crippen LogP contribution in [0.3, 0.4) is 0 Å². The van der Waals surface area contributed by atoms with Gasteiger partial charge < -0.3 is 10.4 Å². The second-order valence-electron chi connectivity index (χ2n) is 4.67. The number of aromatic nitrogens is 2. The topological polar surface area (TPSA) is 75.1 Å². The van der Waals surface area contributed by atoms with E-state index < -0.39 is 23.4 Å². The molecule has 0 aliphatic heterocycles. The Morgan fingerprint density at radius 2 is 2.05 bits per heavy atom. The van der Waals surface area contributed by atoms with Crippen molar-refractivity contribution in [2.24, 2.45) is 0 Å². The highest BCUT2D eigenvalue weighted by molar-refractivity contribution is 5.66. The fourth-order valence-corrected chi connectivity index (χ4v) is 1.36. The molecule has 0 saturated carbocycles. The van der Waals surface area contributed by atoms with Crippen LogP contribution in [0, 0.1) is 0 Å². The molecule has 2 N–H and O–H groups in total. The SMILES string of the molecule is CC(C)(CCC(=O)O)Nc1nccc(C(F)(F)F)n1. The zero-order valence-electron chi connectivity index (χ0n) is 10.5. The molecule has 0 aromatic carbocycles. The summed E-state index contributed by atoms with van der Waals surface area (Å²) in [6, 6.07) is 0.773. The molecule has 1 rings (SSSR count). The first kappa shape index (κ1) is 15.2. The Morgan fingerprint density at radius 3 is 2.58 bits per heavy atom. The van der Waals surface area contributed by atoms with Crippen molar-refractivity contribution in [3.63, 3.8) is 0 Å². The maximum atomic E-state index is 12.5. The third-order valence-electron chi connectivity index (χ3n) is 2.36. The molecule has 0 saturated heterocycles. The Morgan fingerprint density at radius 1 is 1.42 bits per heavy atom. The molecule has 0 bridgehead atoms. The Balaban J connectivity index is 2.79. The predicted octanol–water partition coefficient (Wildman–Crippen LogP) is 2.55. The number of carboxylic acid groups (broad SMARTS) is 1. The Hall–Kier alpha value is -1.86. The number of nitrogens with one attached hydrogen (secondary N) is 1. The predicted molar refractivity (Wildman–Crippen MR) is 61.6 cm³/mol. The van der Waals surface area contributed by atoms with Gasteiger partial charge >= 0.3 is 12.1 Å². The molecule has 0 spiro atoms. The highest BCUT2D eigenvalue weighted by Gasteiger charge is 2.33. The molecular weight excluding hydrogens is 263 g/mol.